The van der Waals surface area contributed by atoms with Crippen LogP contribution in [0.5, 0.6) is 11.5 Å². The third kappa shape index (κ3) is 4.65. The van der Waals surface area contributed by atoms with Gasteiger partial charge < -0.3 is 14.3 Å². The smallest absolute Gasteiger partial charge is 0.368 e. The van der Waals surface area contributed by atoms with Gasteiger partial charge in [0.2, 0.25) is 0 Å². The molecule has 0 unspecified atom stereocenters. The summed E-state index contributed by atoms with van der Waals surface area (Å²) < 4.78 is 10.5. The van der Waals surface area contributed by atoms with Crippen LogP contribution in [0.25, 0.3) is 6.08 Å². The average molecular weight is 434 g/mol. The molecule has 0 N–H and O–H groups in total. The molecular weight excluding hydrogens is 418 g/mol. The number of nitrogens with zero attached hydrogens (tertiary/aromatic N) is 1. The van der Waals surface area contributed by atoms with Crippen LogP contribution in [0.1, 0.15) is 21.5 Å². The summed E-state index contributed by atoms with van der Waals surface area (Å²) >= 11 is 5.92. The Morgan fingerprint density at radius 2 is 1.58 bits per heavy atom. The summed E-state index contributed by atoms with van der Waals surface area (Å²) in [4.78, 5) is 29.3. The molecule has 6 nitrogen and oxygen atoms in total. The molecule has 0 saturated carbocycles. The van der Waals surface area contributed by atoms with E-state index in [9.17, 15) is 9.59 Å². The van der Waals surface area contributed by atoms with E-state index in [1.165, 1.54) is 0 Å². The molecule has 1 aliphatic heterocycles. The third-order valence-corrected chi connectivity index (χ3v) is 4.79. The zero-order chi connectivity index (χ0) is 21.8. The summed E-state index contributed by atoms with van der Waals surface area (Å²) in [6.07, 6.45) is 1.66. The quantitative estimate of drug-likeness (QED) is 0.247. The first-order valence-corrected chi connectivity index (χ1v) is 9.65. The zero-order valence-electron chi connectivity index (χ0n) is 16.4. The van der Waals surface area contributed by atoms with E-state index in [2.05, 4.69) is 5.16 Å². The second-order valence-electron chi connectivity index (χ2n) is 6.57. The van der Waals surface area contributed by atoms with Crippen LogP contribution in [0.2, 0.25) is 5.02 Å². The van der Waals surface area contributed by atoms with Crippen LogP contribution < -0.4 is 9.47 Å². The highest BCUT2D eigenvalue weighted by Crippen LogP contribution is 2.23. The molecule has 0 aliphatic carbocycles. The highest BCUT2D eigenvalue weighted by molar-refractivity contribution is 6.32. The van der Waals surface area contributed by atoms with E-state index < -0.39 is 11.9 Å². The van der Waals surface area contributed by atoms with Crippen molar-refractivity contribution in [2.24, 2.45) is 5.16 Å². The highest BCUT2D eigenvalue weighted by Gasteiger charge is 2.26. The minimum atomic E-state index is -0.542. The summed E-state index contributed by atoms with van der Waals surface area (Å²) in [5.41, 5.74) is 2.60. The molecule has 0 saturated heterocycles. The number of methoxy groups -OCH3 is 1. The summed E-state index contributed by atoms with van der Waals surface area (Å²) in [6, 6.07) is 20.3. The van der Waals surface area contributed by atoms with Crippen LogP contribution in [0.3, 0.4) is 0 Å². The van der Waals surface area contributed by atoms with Crippen molar-refractivity contribution in [2.75, 3.05) is 7.11 Å². The minimum Gasteiger partial charge on any atom is -0.497 e. The van der Waals surface area contributed by atoms with Gasteiger partial charge in [0.25, 0.3) is 0 Å². The Labute approximate surface area is 183 Å². The topological polar surface area (TPSA) is 74.2 Å². The van der Waals surface area contributed by atoms with E-state index in [-0.39, 0.29) is 0 Å². The number of oxime groups is 1. The molecule has 0 bridgehead atoms. The number of ether oxygens (including phenoxy) is 2. The maximum Gasteiger partial charge on any atom is 0.368 e. The number of hydrogen-bond acceptors (Lipinski definition) is 6. The van der Waals surface area contributed by atoms with E-state index in [0.29, 0.717) is 38.9 Å². The molecule has 154 valence electrons. The summed E-state index contributed by atoms with van der Waals surface area (Å²) in [7, 11) is 1.56. The van der Waals surface area contributed by atoms with Crippen LogP contribution in [0.4, 0.5) is 0 Å². The second-order valence-corrected chi connectivity index (χ2v) is 7.01. The van der Waals surface area contributed by atoms with Gasteiger partial charge >= 0.3 is 11.9 Å². The van der Waals surface area contributed by atoms with Gasteiger partial charge in [0.1, 0.15) is 17.2 Å². The fourth-order valence-corrected chi connectivity index (χ4v) is 3.04. The van der Waals surface area contributed by atoms with Crippen molar-refractivity contribution in [1.82, 2.24) is 0 Å². The van der Waals surface area contributed by atoms with Crippen LogP contribution >= 0.6 is 11.6 Å². The average Bonchev–Trinajstić information content (AvgIpc) is 3.15. The first-order valence-electron chi connectivity index (χ1n) is 9.27. The van der Waals surface area contributed by atoms with Crippen molar-refractivity contribution in [3.05, 3.63) is 100 Å². The lowest BCUT2D eigenvalue weighted by molar-refractivity contribution is -0.136. The van der Waals surface area contributed by atoms with Gasteiger partial charge in [-0.15, -0.1) is 0 Å². The number of carbonyl (C=O) groups is 2. The summed E-state index contributed by atoms with van der Waals surface area (Å²) in [5, 5.41) is 4.46. The van der Waals surface area contributed by atoms with Crippen LogP contribution in [0.15, 0.2) is 83.5 Å². The van der Waals surface area contributed by atoms with Crippen LogP contribution in [-0.2, 0) is 9.63 Å². The second kappa shape index (κ2) is 8.85. The highest BCUT2D eigenvalue weighted by atomic mass is 35.5. The maximum absolute atomic E-state index is 12.3. The van der Waals surface area contributed by atoms with Crippen molar-refractivity contribution in [1.29, 1.82) is 0 Å². The Morgan fingerprint density at radius 3 is 2.23 bits per heavy atom. The predicted octanol–water partition coefficient (Wildman–Crippen LogP) is 4.91. The van der Waals surface area contributed by atoms with Crippen LogP contribution in [0, 0.1) is 0 Å². The molecule has 0 radical (unpaired) electrons. The van der Waals surface area contributed by atoms with E-state index in [1.807, 2.05) is 0 Å². The first-order chi connectivity index (χ1) is 15.0. The van der Waals surface area contributed by atoms with Crippen LogP contribution in [-0.4, -0.2) is 24.8 Å². The number of hydrogen-bond donors (Lipinski definition) is 0. The number of carbonyl (C=O) groups excluding carboxylic acids is 2. The fraction of sp³-hybridized carbons (Fsp3) is 0.0417. The number of halogens is 1. The molecule has 7 heteroatoms. The van der Waals surface area contributed by atoms with E-state index in [0.717, 1.165) is 5.56 Å². The lowest BCUT2D eigenvalue weighted by Crippen LogP contribution is -2.08. The SMILES string of the molecule is COc1ccc(C(=O)Oc2ccc(/C=C3\C(=O)ON=C3c3ccc(Cl)cc3)cc2)cc1. The molecular formula is C24H16ClNO5. The van der Waals surface area contributed by atoms with Gasteiger partial charge in [0.05, 0.1) is 18.2 Å². The molecule has 31 heavy (non-hydrogen) atoms. The molecule has 0 fully saturated rings. The van der Waals surface area contributed by atoms with E-state index in [4.69, 9.17) is 25.9 Å². The predicted molar refractivity (Wildman–Crippen MR) is 116 cm³/mol. The molecule has 1 aliphatic rings. The largest absolute Gasteiger partial charge is 0.497 e. The van der Waals surface area contributed by atoms with E-state index in [1.54, 1.807) is 86.0 Å². The normalized spacial score (nSPS) is 14.2. The Balaban J connectivity index is 1.50. The lowest BCUT2D eigenvalue weighted by atomic mass is 10.0. The first kappa shape index (κ1) is 20.4. The lowest BCUT2D eigenvalue weighted by Gasteiger charge is -2.06. The zero-order valence-corrected chi connectivity index (χ0v) is 17.1. The van der Waals surface area contributed by atoms with Crippen molar-refractivity contribution in [2.45, 2.75) is 0 Å². The molecule has 3 aromatic rings. The van der Waals surface area contributed by atoms with E-state index >= 15 is 0 Å². The van der Waals surface area contributed by atoms with Gasteiger partial charge in [-0.1, -0.05) is 41.0 Å². The van der Waals surface area contributed by atoms with Gasteiger partial charge in [0.15, 0.2) is 0 Å². The Morgan fingerprint density at radius 1 is 0.935 bits per heavy atom. The molecule has 0 amide bonds. The minimum absolute atomic E-state index is 0.324. The summed E-state index contributed by atoms with van der Waals surface area (Å²) in [5.74, 6) is 0.00898. The van der Waals surface area contributed by atoms with Gasteiger partial charge in [-0.2, -0.15) is 0 Å². The van der Waals surface area contributed by atoms with Crippen molar-refractivity contribution in [3.63, 3.8) is 0 Å². The molecule has 0 aromatic heterocycles. The van der Waals surface area contributed by atoms with Gasteiger partial charge in [-0.25, -0.2) is 9.59 Å². The monoisotopic (exact) mass is 433 g/mol. The Bertz CT molecular complexity index is 1180. The maximum atomic E-state index is 12.3. The number of rotatable bonds is 5. The molecule has 4 rings (SSSR count). The van der Waals surface area contributed by atoms with Crippen molar-refractivity contribution in [3.8, 4) is 11.5 Å². The van der Waals surface area contributed by atoms with Crippen molar-refractivity contribution >= 4 is 35.3 Å². The van der Waals surface area contributed by atoms with Gasteiger partial charge in [0, 0.05) is 10.6 Å². The number of esters is 1. The molecule has 0 spiro atoms. The molecule has 0 atom stereocenters. The van der Waals surface area contributed by atoms with Gasteiger partial charge in [-0.05, 0) is 60.2 Å². The third-order valence-electron chi connectivity index (χ3n) is 4.54. The molecule has 3 aromatic carbocycles. The van der Waals surface area contributed by atoms with Gasteiger partial charge in [-0.3, -0.25) is 0 Å². The standard InChI is InChI=1S/C24H16ClNO5/c1-29-19-12-6-17(7-13-19)23(27)30-20-10-2-15(3-11-20)14-21-22(26-31-24(21)28)16-4-8-18(25)9-5-16/h2-14H,1H3/b21-14-. The molecule has 1 heterocycles. The number of benzene rings is 3. The summed E-state index contributed by atoms with van der Waals surface area (Å²) in [6.45, 7) is 0. The fourth-order valence-electron chi connectivity index (χ4n) is 2.92. The Kier molecular flexibility index (Phi) is 5.82. The van der Waals surface area contributed by atoms with Crippen molar-refractivity contribution < 1.29 is 23.9 Å². The Hall–Kier alpha value is -3.90.